The summed E-state index contributed by atoms with van der Waals surface area (Å²) in [4.78, 5) is 18.8. The number of aromatic amines is 1. The van der Waals surface area contributed by atoms with Gasteiger partial charge in [-0.15, -0.1) is 4.68 Å². The Hall–Kier alpha value is -2.66. The number of benzene rings is 1. The number of hydrogen-bond acceptors (Lipinski definition) is 2. The third kappa shape index (κ3) is 3.40. The third-order valence-corrected chi connectivity index (χ3v) is 3.69. The zero-order chi connectivity index (χ0) is 16.2. The van der Waals surface area contributed by atoms with Crippen molar-refractivity contribution in [3.8, 4) is 0 Å². The van der Waals surface area contributed by atoms with Crippen molar-refractivity contribution in [2.75, 3.05) is 4.90 Å². The van der Waals surface area contributed by atoms with E-state index in [1.165, 1.54) is 0 Å². The van der Waals surface area contributed by atoms with Crippen LogP contribution in [0.4, 0.5) is 5.82 Å². The number of nitrogens with zero attached hydrogens (tertiary/aromatic N) is 3. The summed E-state index contributed by atoms with van der Waals surface area (Å²) in [6, 6.07) is 15.2. The molecule has 3 rings (SSSR count). The van der Waals surface area contributed by atoms with Gasteiger partial charge in [-0.05, 0) is 17.7 Å². The Bertz CT molecular complexity index is 802. The Morgan fingerprint density at radius 3 is 2.57 bits per heavy atom. The molecule has 5 nitrogen and oxygen atoms in total. The Morgan fingerprint density at radius 1 is 1.22 bits per heavy atom. The van der Waals surface area contributed by atoms with Gasteiger partial charge in [-0.25, -0.2) is 4.98 Å². The first-order valence-electron chi connectivity index (χ1n) is 7.16. The molecule has 3 aromatic rings. The van der Waals surface area contributed by atoms with Crippen molar-refractivity contribution in [1.29, 1.82) is 0 Å². The molecule has 0 atom stereocenters. The van der Waals surface area contributed by atoms with Crippen molar-refractivity contribution in [3.05, 3.63) is 77.2 Å². The fourth-order valence-electron chi connectivity index (χ4n) is 2.32. The minimum absolute atomic E-state index is 0.224. The summed E-state index contributed by atoms with van der Waals surface area (Å²) in [6.07, 6.45) is 3.32. The highest BCUT2D eigenvalue weighted by molar-refractivity contribution is 6.33. The van der Waals surface area contributed by atoms with Crippen LogP contribution >= 0.6 is 11.6 Å². The van der Waals surface area contributed by atoms with Gasteiger partial charge in [0.05, 0.1) is 6.54 Å². The Kier molecular flexibility index (Phi) is 4.39. The quantitative estimate of drug-likeness (QED) is 0.749. The van der Waals surface area contributed by atoms with E-state index in [0.29, 0.717) is 23.1 Å². The normalized spacial score (nSPS) is 10.5. The van der Waals surface area contributed by atoms with Crippen LogP contribution in [0.5, 0.6) is 0 Å². The summed E-state index contributed by atoms with van der Waals surface area (Å²) in [7, 11) is 1.78. The summed E-state index contributed by atoms with van der Waals surface area (Å²) in [5, 5.41) is 3.33. The van der Waals surface area contributed by atoms with Gasteiger partial charge in [-0.1, -0.05) is 48.0 Å². The van der Waals surface area contributed by atoms with Crippen molar-refractivity contribution in [3.63, 3.8) is 0 Å². The summed E-state index contributed by atoms with van der Waals surface area (Å²) in [5.41, 5.74) is 1.36. The molecule has 0 unspecified atom stereocenters. The molecule has 1 amide bonds. The molecular weight excluding hydrogens is 312 g/mol. The van der Waals surface area contributed by atoms with Crippen LogP contribution in [-0.2, 0) is 13.6 Å². The van der Waals surface area contributed by atoms with Crippen LogP contribution in [0, 0.1) is 0 Å². The average molecular weight is 328 g/mol. The third-order valence-electron chi connectivity index (χ3n) is 3.40. The molecule has 116 valence electrons. The number of nitrogens with one attached hydrogen (secondary N) is 1. The minimum Gasteiger partial charge on any atom is -0.287 e. The van der Waals surface area contributed by atoms with Crippen LogP contribution in [0.15, 0.2) is 60.9 Å². The standard InChI is InChI=1S/C17H15ClN4O/c1-21-12-14(18)16(20-21)17(23)22(15-9-5-6-10-19-15)11-13-7-3-2-4-8-13/h2-10,12H,11H2,1H3/p+1. The van der Waals surface area contributed by atoms with Crippen molar-refractivity contribution in [2.45, 2.75) is 6.54 Å². The predicted octanol–water partition coefficient (Wildman–Crippen LogP) is 2.73. The molecule has 6 heteroatoms. The van der Waals surface area contributed by atoms with Gasteiger partial charge in [0.2, 0.25) is 6.20 Å². The lowest BCUT2D eigenvalue weighted by molar-refractivity contribution is -0.726. The number of H-pyrrole nitrogens is 1. The number of hydrogen-bond donors (Lipinski definition) is 1. The predicted molar refractivity (Wildman–Crippen MR) is 88.2 cm³/mol. The first-order chi connectivity index (χ1) is 11.1. The fourth-order valence-corrected chi connectivity index (χ4v) is 2.59. The van der Waals surface area contributed by atoms with E-state index in [2.05, 4.69) is 10.1 Å². The second-order valence-corrected chi connectivity index (χ2v) is 5.55. The zero-order valence-electron chi connectivity index (χ0n) is 12.6. The lowest BCUT2D eigenvalue weighted by Gasteiger charge is -2.21. The van der Waals surface area contributed by atoms with Crippen LogP contribution in [0.3, 0.4) is 0 Å². The van der Waals surface area contributed by atoms with Gasteiger partial charge in [0, 0.05) is 6.20 Å². The topological polar surface area (TPSA) is 52.9 Å². The summed E-state index contributed by atoms with van der Waals surface area (Å²) in [6.45, 7) is 0.412. The molecule has 0 aliphatic rings. The van der Waals surface area contributed by atoms with Gasteiger partial charge in [0.1, 0.15) is 10.8 Å². The van der Waals surface area contributed by atoms with E-state index in [9.17, 15) is 4.79 Å². The smallest absolute Gasteiger partial charge is 0.283 e. The van der Waals surface area contributed by atoms with Gasteiger partial charge >= 0.3 is 0 Å². The molecule has 0 aliphatic carbocycles. The van der Waals surface area contributed by atoms with Crippen molar-refractivity contribution in [2.24, 2.45) is 7.05 Å². The maximum absolute atomic E-state index is 12.9. The summed E-state index contributed by atoms with van der Waals surface area (Å²) in [5.74, 6) is 0.354. The van der Waals surface area contributed by atoms with Crippen molar-refractivity contribution >= 4 is 23.3 Å². The van der Waals surface area contributed by atoms with E-state index >= 15 is 0 Å². The number of carbonyl (C=O) groups is 1. The molecule has 2 heterocycles. The van der Waals surface area contributed by atoms with Crippen molar-refractivity contribution < 1.29 is 9.48 Å². The monoisotopic (exact) mass is 327 g/mol. The largest absolute Gasteiger partial charge is 0.287 e. The van der Waals surface area contributed by atoms with E-state index in [-0.39, 0.29) is 5.91 Å². The number of aryl methyl sites for hydroxylation is 1. The van der Waals surface area contributed by atoms with Crippen LogP contribution in [0.2, 0.25) is 5.02 Å². The highest BCUT2D eigenvalue weighted by Gasteiger charge is 2.25. The second-order valence-electron chi connectivity index (χ2n) is 5.14. The number of pyridine rings is 1. The van der Waals surface area contributed by atoms with E-state index in [4.69, 9.17) is 11.6 Å². The summed E-state index contributed by atoms with van der Waals surface area (Å²) >= 11 is 6.15. The average Bonchev–Trinajstić information content (AvgIpc) is 2.92. The Morgan fingerprint density at radius 2 is 1.96 bits per heavy atom. The fraction of sp³-hybridized carbons (Fsp3) is 0.118. The molecule has 0 saturated heterocycles. The molecule has 2 aromatic heterocycles. The molecule has 1 aromatic carbocycles. The van der Waals surface area contributed by atoms with Gasteiger partial charge < -0.3 is 0 Å². The van der Waals surface area contributed by atoms with Gasteiger partial charge in [0.15, 0.2) is 12.7 Å². The van der Waals surface area contributed by atoms with Crippen molar-refractivity contribution in [1.82, 2.24) is 10.1 Å². The highest BCUT2D eigenvalue weighted by Crippen LogP contribution is 2.20. The van der Waals surface area contributed by atoms with Gasteiger partial charge in [-0.2, -0.15) is 5.10 Å². The number of aromatic nitrogens is 3. The molecule has 0 aliphatic heterocycles. The molecule has 0 radical (unpaired) electrons. The van der Waals surface area contributed by atoms with E-state index in [1.54, 1.807) is 35.1 Å². The van der Waals surface area contributed by atoms with Crippen LogP contribution in [-0.4, -0.2) is 16.0 Å². The van der Waals surface area contributed by atoms with Gasteiger partial charge in [-0.3, -0.25) is 9.69 Å². The first-order valence-corrected chi connectivity index (χ1v) is 7.54. The first kappa shape index (κ1) is 15.2. The number of rotatable bonds is 4. The highest BCUT2D eigenvalue weighted by atomic mass is 35.5. The summed E-state index contributed by atoms with van der Waals surface area (Å²) < 4.78 is 1.65. The molecule has 0 spiro atoms. The van der Waals surface area contributed by atoms with E-state index < -0.39 is 0 Å². The lowest BCUT2D eigenvalue weighted by atomic mass is 10.2. The molecule has 23 heavy (non-hydrogen) atoms. The second kappa shape index (κ2) is 6.62. The van der Waals surface area contributed by atoms with Crippen LogP contribution < -0.4 is 9.58 Å². The SMILES string of the molecule is C[n+]1cc(Cl)c(C(=O)N(Cc2ccccc2)c2ccccn2)[nH]1. The number of carbonyl (C=O) groups excluding carboxylic acids is 1. The minimum atomic E-state index is -0.224. The molecule has 1 N–H and O–H groups in total. The Labute approximate surface area is 139 Å². The number of halogens is 1. The van der Waals surface area contributed by atoms with E-state index in [0.717, 1.165) is 5.56 Å². The molecular formula is C17H16ClN4O+. The Balaban J connectivity index is 1.98. The van der Waals surface area contributed by atoms with Gasteiger partial charge in [0.25, 0.3) is 5.91 Å². The zero-order valence-corrected chi connectivity index (χ0v) is 13.4. The lowest BCUT2D eigenvalue weighted by Crippen LogP contribution is -2.34. The van der Waals surface area contributed by atoms with E-state index in [1.807, 2.05) is 42.5 Å². The molecule has 0 saturated carbocycles. The number of anilines is 1. The molecule has 0 fully saturated rings. The van der Waals surface area contributed by atoms with Crippen LogP contribution in [0.1, 0.15) is 16.1 Å². The van der Waals surface area contributed by atoms with Crippen LogP contribution in [0.25, 0.3) is 0 Å². The molecule has 0 bridgehead atoms. The maximum atomic E-state index is 12.9. The maximum Gasteiger partial charge on any atom is 0.283 e. The number of amides is 1.